The van der Waals surface area contributed by atoms with E-state index in [0.717, 1.165) is 48.7 Å². The molecule has 5 heteroatoms. The number of halogens is 1. The molecule has 2 aromatic rings. The molecule has 1 saturated heterocycles. The van der Waals surface area contributed by atoms with Gasteiger partial charge in [0.05, 0.1) is 13.0 Å². The van der Waals surface area contributed by atoms with Gasteiger partial charge in [0.15, 0.2) is 0 Å². The highest BCUT2D eigenvalue weighted by Crippen LogP contribution is 2.37. The highest BCUT2D eigenvalue weighted by Gasteiger charge is 2.30. The van der Waals surface area contributed by atoms with E-state index >= 15 is 0 Å². The molecule has 0 radical (unpaired) electrons. The van der Waals surface area contributed by atoms with Crippen LogP contribution in [0, 0.1) is 5.82 Å². The van der Waals surface area contributed by atoms with Crippen molar-refractivity contribution in [2.45, 2.75) is 13.0 Å². The molecule has 1 amide bonds. The van der Waals surface area contributed by atoms with Crippen molar-refractivity contribution in [2.75, 3.05) is 36.0 Å². The Morgan fingerprint density at radius 3 is 2.58 bits per heavy atom. The fraction of sp³-hybridized carbons (Fsp3) is 0.316. The molecule has 0 unspecified atom stereocenters. The van der Waals surface area contributed by atoms with Crippen LogP contribution in [0.1, 0.15) is 11.1 Å². The molecule has 4 nitrogen and oxygen atoms in total. The van der Waals surface area contributed by atoms with Crippen molar-refractivity contribution < 1.29 is 9.18 Å². The van der Waals surface area contributed by atoms with E-state index in [9.17, 15) is 9.18 Å². The molecule has 24 heavy (non-hydrogen) atoms. The maximum Gasteiger partial charge on any atom is 0.231 e. The molecule has 0 bridgehead atoms. The summed E-state index contributed by atoms with van der Waals surface area (Å²) >= 11 is 0. The Kier molecular flexibility index (Phi) is 3.94. The highest BCUT2D eigenvalue weighted by atomic mass is 19.1. The van der Waals surface area contributed by atoms with Crippen LogP contribution in [0.4, 0.5) is 15.8 Å². The summed E-state index contributed by atoms with van der Waals surface area (Å²) in [5.41, 5.74) is 4.02. The molecule has 2 aromatic carbocycles. The van der Waals surface area contributed by atoms with Gasteiger partial charge in [0.1, 0.15) is 5.82 Å². The molecule has 2 aliphatic rings. The van der Waals surface area contributed by atoms with Gasteiger partial charge < -0.3 is 15.1 Å². The van der Waals surface area contributed by atoms with Crippen LogP contribution < -0.4 is 15.1 Å². The molecule has 1 fully saturated rings. The average Bonchev–Trinajstić information content (AvgIpc) is 2.91. The van der Waals surface area contributed by atoms with Crippen LogP contribution in [-0.4, -0.2) is 32.1 Å². The van der Waals surface area contributed by atoms with Crippen LogP contribution in [0.25, 0.3) is 0 Å². The number of hydrogen-bond acceptors (Lipinski definition) is 3. The van der Waals surface area contributed by atoms with Gasteiger partial charge in [0.2, 0.25) is 5.91 Å². The number of carbonyl (C=O) groups is 1. The van der Waals surface area contributed by atoms with Gasteiger partial charge >= 0.3 is 0 Å². The third-order valence-corrected chi connectivity index (χ3v) is 4.73. The van der Waals surface area contributed by atoms with E-state index in [1.807, 2.05) is 18.2 Å². The summed E-state index contributed by atoms with van der Waals surface area (Å²) < 4.78 is 13.4. The molecular weight excluding hydrogens is 305 g/mol. The molecule has 1 N–H and O–H groups in total. The standard InChI is InChI=1S/C19H20FN3O/c20-15-4-1-3-14(11-15)13-23-18-6-2-5-17(16(18)12-19(23)24)22-9-7-21-8-10-22/h1-6,11,21H,7-10,12-13H2. The molecular formula is C19H20FN3O. The zero-order chi connectivity index (χ0) is 16.5. The van der Waals surface area contributed by atoms with Crippen LogP contribution >= 0.6 is 0 Å². The van der Waals surface area contributed by atoms with Gasteiger partial charge in [-0.05, 0) is 29.8 Å². The quantitative estimate of drug-likeness (QED) is 0.941. The van der Waals surface area contributed by atoms with Gasteiger partial charge in [-0.25, -0.2) is 4.39 Å². The fourth-order valence-electron chi connectivity index (χ4n) is 3.57. The number of carbonyl (C=O) groups excluding carboxylic acids is 1. The smallest absolute Gasteiger partial charge is 0.231 e. The summed E-state index contributed by atoms with van der Waals surface area (Å²) in [5.74, 6) is -0.189. The Bertz CT molecular complexity index is 771. The van der Waals surface area contributed by atoms with Gasteiger partial charge in [-0.1, -0.05) is 18.2 Å². The third kappa shape index (κ3) is 2.76. The lowest BCUT2D eigenvalue weighted by Crippen LogP contribution is -2.43. The largest absolute Gasteiger partial charge is 0.369 e. The topological polar surface area (TPSA) is 35.6 Å². The van der Waals surface area contributed by atoms with Crippen LogP contribution in [0.5, 0.6) is 0 Å². The number of rotatable bonds is 3. The molecule has 0 aromatic heterocycles. The molecule has 124 valence electrons. The minimum Gasteiger partial charge on any atom is -0.369 e. The highest BCUT2D eigenvalue weighted by molar-refractivity contribution is 6.03. The number of anilines is 2. The number of fused-ring (bicyclic) bond motifs is 1. The summed E-state index contributed by atoms with van der Waals surface area (Å²) in [7, 11) is 0. The second kappa shape index (κ2) is 6.24. The summed E-state index contributed by atoms with van der Waals surface area (Å²) in [6.45, 7) is 4.24. The van der Waals surface area contributed by atoms with E-state index in [1.54, 1.807) is 11.0 Å². The Hall–Kier alpha value is -2.40. The average molecular weight is 325 g/mol. The molecule has 2 aliphatic heterocycles. The van der Waals surface area contributed by atoms with Gasteiger partial charge in [-0.2, -0.15) is 0 Å². The fourth-order valence-corrected chi connectivity index (χ4v) is 3.57. The van der Waals surface area contributed by atoms with E-state index < -0.39 is 0 Å². The van der Waals surface area contributed by atoms with Gasteiger partial charge in [0, 0.05) is 43.1 Å². The molecule has 0 atom stereocenters. The first-order valence-electron chi connectivity index (χ1n) is 8.35. The van der Waals surface area contributed by atoms with E-state index in [-0.39, 0.29) is 11.7 Å². The Morgan fingerprint density at radius 2 is 1.79 bits per heavy atom. The van der Waals surface area contributed by atoms with Crippen LogP contribution in [-0.2, 0) is 17.8 Å². The molecule has 0 aliphatic carbocycles. The summed E-state index contributed by atoms with van der Waals surface area (Å²) in [5, 5.41) is 3.35. The second-order valence-electron chi connectivity index (χ2n) is 6.30. The predicted octanol–water partition coefficient (Wildman–Crippen LogP) is 2.32. The number of nitrogens with zero attached hydrogens (tertiary/aromatic N) is 2. The van der Waals surface area contributed by atoms with E-state index in [1.165, 1.54) is 12.1 Å². The number of amides is 1. The lowest BCUT2D eigenvalue weighted by molar-refractivity contribution is -0.117. The zero-order valence-electron chi connectivity index (χ0n) is 13.5. The minimum atomic E-state index is -0.270. The van der Waals surface area contributed by atoms with E-state index in [2.05, 4.69) is 16.3 Å². The normalized spacial score (nSPS) is 17.3. The SMILES string of the molecule is O=C1Cc2c(N3CCNCC3)cccc2N1Cc1cccc(F)c1. The van der Waals surface area contributed by atoms with Gasteiger partial charge in [0.25, 0.3) is 0 Å². The second-order valence-corrected chi connectivity index (χ2v) is 6.30. The van der Waals surface area contributed by atoms with Crippen molar-refractivity contribution in [2.24, 2.45) is 0 Å². The monoisotopic (exact) mass is 325 g/mol. The molecule has 0 saturated carbocycles. The van der Waals surface area contributed by atoms with Crippen LogP contribution in [0.2, 0.25) is 0 Å². The number of benzene rings is 2. The predicted molar refractivity (Wildman–Crippen MR) is 92.8 cm³/mol. The first kappa shape index (κ1) is 15.1. The van der Waals surface area contributed by atoms with Crippen LogP contribution in [0.3, 0.4) is 0 Å². The summed E-state index contributed by atoms with van der Waals surface area (Å²) in [6, 6.07) is 12.6. The molecule has 4 rings (SSSR count). The van der Waals surface area contributed by atoms with E-state index in [0.29, 0.717) is 13.0 Å². The molecule has 2 heterocycles. The number of nitrogens with one attached hydrogen (secondary N) is 1. The first-order chi connectivity index (χ1) is 11.7. The number of piperazine rings is 1. The summed E-state index contributed by atoms with van der Waals surface area (Å²) in [6.07, 6.45) is 0.421. The minimum absolute atomic E-state index is 0.0804. The van der Waals surface area contributed by atoms with Crippen LogP contribution in [0.15, 0.2) is 42.5 Å². The van der Waals surface area contributed by atoms with Crippen molar-refractivity contribution in [1.29, 1.82) is 0 Å². The maximum atomic E-state index is 13.4. The number of hydrogen-bond donors (Lipinski definition) is 1. The van der Waals surface area contributed by atoms with Crippen molar-refractivity contribution in [1.82, 2.24) is 5.32 Å². The van der Waals surface area contributed by atoms with E-state index in [4.69, 9.17) is 0 Å². The van der Waals surface area contributed by atoms with Crippen molar-refractivity contribution in [3.63, 3.8) is 0 Å². The van der Waals surface area contributed by atoms with Crippen molar-refractivity contribution in [3.05, 3.63) is 59.4 Å². The lowest BCUT2D eigenvalue weighted by atomic mass is 10.1. The Morgan fingerprint density at radius 1 is 1.04 bits per heavy atom. The Labute approximate surface area is 140 Å². The third-order valence-electron chi connectivity index (χ3n) is 4.73. The summed E-state index contributed by atoms with van der Waals surface area (Å²) in [4.78, 5) is 16.7. The van der Waals surface area contributed by atoms with Gasteiger partial charge in [-0.15, -0.1) is 0 Å². The van der Waals surface area contributed by atoms with Gasteiger partial charge in [-0.3, -0.25) is 4.79 Å². The lowest BCUT2D eigenvalue weighted by Gasteiger charge is -2.31. The van der Waals surface area contributed by atoms with Crippen molar-refractivity contribution >= 4 is 17.3 Å². The van der Waals surface area contributed by atoms with Crippen molar-refractivity contribution in [3.8, 4) is 0 Å². The first-order valence-corrected chi connectivity index (χ1v) is 8.35. The maximum absolute atomic E-state index is 13.4. The zero-order valence-corrected chi connectivity index (χ0v) is 13.5. The Balaban J connectivity index is 1.65. The molecule has 0 spiro atoms.